The van der Waals surface area contributed by atoms with Crippen molar-refractivity contribution in [1.82, 2.24) is 10.2 Å². The van der Waals surface area contributed by atoms with Crippen molar-refractivity contribution in [2.45, 2.75) is 19.0 Å². The predicted molar refractivity (Wildman–Crippen MR) is 75.0 cm³/mol. The normalized spacial score (nSPS) is 20.4. The second kappa shape index (κ2) is 7.10. The fourth-order valence-electron chi connectivity index (χ4n) is 2.29. The molecule has 0 bridgehead atoms. The van der Waals surface area contributed by atoms with Crippen molar-refractivity contribution >= 4 is 11.6 Å². The molecule has 1 aromatic carbocycles. The van der Waals surface area contributed by atoms with E-state index in [-0.39, 0.29) is 0 Å². The lowest BCUT2D eigenvalue weighted by Crippen LogP contribution is -2.33. The van der Waals surface area contributed by atoms with Gasteiger partial charge in [-0.1, -0.05) is 23.7 Å². The molecule has 0 amide bonds. The Bertz CT molecular complexity index is 355. The lowest BCUT2D eigenvalue weighted by atomic mass is 10.2. The minimum atomic E-state index is 0.595. The third-order valence-corrected chi connectivity index (χ3v) is 3.64. The fourth-order valence-corrected chi connectivity index (χ4v) is 2.41. The Hall–Kier alpha value is -0.610. The zero-order valence-electron chi connectivity index (χ0n) is 10.9. The van der Waals surface area contributed by atoms with Gasteiger partial charge in [-0.2, -0.15) is 0 Å². The van der Waals surface area contributed by atoms with Gasteiger partial charge in [0.25, 0.3) is 0 Å². The molecule has 0 saturated carbocycles. The van der Waals surface area contributed by atoms with Gasteiger partial charge >= 0.3 is 0 Å². The molecule has 4 heteroatoms. The maximum atomic E-state index is 5.87. The summed E-state index contributed by atoms with van der Waals surface area (Å²) in [6.07, 6.45) is 1.22. The van der Waals surface area contributed by atoms with Crippen molar-refractivity contribution < 1.29 is 4.74 Å². The van der Waals surface area contributed by atoms with Crippen LogP contribution in [0, 0.1) is 0 Å². The van der Waals surface area contributed by atoms with Gasteiger partial charge < -0.3 is 10.1 Å². The van der Waals surface area contributed by atoms with Crippen LogP contribution in [0.25, 0.3) is 0 Å². The van der Waals surface area contributed by atoms with E-state index in [1.54, 1.807) is 7.11 Å². The van der Waals surface area contributed by atoms with Crippen LogP contribution in [0.1, 0.15) is 12.0 Å². The summed E-state index contributed by atoms with van der Waals surface area (Å²) in [5.74, 6) is 0. The Morgan fingerprint density at radius 1 is 1.39 bits per heavy atom. The number of ether oxygens (including phenoxy) is 1. The number of rotatable bonds is 6. The Morgan fingerprint density at radius 3 is 2.89 bits per heavy atom. The molecule has 0 radical (unpaired) electrons. The average molecular weight is 269 g/mol. The Labute approximate surface area is 114 Å². The number of hydrogen-bond donors (Lipinski definition) is 1. The van der Waals surface area contributed by atoms with E-state index < -0.39 is 0 Å². The Kier molecular flexibility index (Phi) is 5.45. The van der Waals surface area contributed by atoms with Crippen molar-refractivity contribution in [3.05, 3.63) is 34.9 Å². The molecule has 3 nitrogen and oxygen atoms in total. The molecule has 100 valence electrons. The van der Waals surface area contributed by atoms with Gasteiger partial charge in [-0.3, -0.25) is 4.90 Å². The summed E-state index contributed by atoms with van der Waals surface area (Å²) in [5, 5.41) is 4.39. The standard InChI is InChI=1S/C14H21ClN2O/c1-18-9-8-17-7-6-14(11-17)16-10-12-2-4-13(15)5-3-12/h2-5,14,16H,6-11H2,1H3/t14-/m1/s1. The van der Waals surface area contributed by atoms with Crippen LogP contribution in [-0.2, 0) is 11.3 Å². The van der Waals surface area contributed by atoms with Crippen molar-refractivity contribution in [1.29, 1.82) is 0 Å². The molecule has 1 aliphatic heterocycles. The van der Waals surface area contributed by atoms with Gasteiger partial charge in [0.1, 0.15) is 0 Å². The SMILES string of the molecule is COCCN1CC[C@@H](NCc2ccc(Cl)cc2)C1. The highest BCUT2D eigenvalue weighted by atomic mass is 35.5. The molecule has 2 rings (SSSR count). The summed E-state index contributed by atoms with van der Waals surface area (Å²) in [6, 6.07) is 8.63. The Morgan fingerprint density at radius 2 is 2.17 bits per heavy atom. The predicted octanol–water partition coefficient (Wildman–Crippen LogP) is 2.15. The van der Waals surface area contributed by atoms with Crippen LogP contribution in [0.15, 0.2) is 24.3 Å². The van der Waals surface area contributed by atoms with Gasteiger partial charge in [0.15, 0.2) is 0 Å². The minimum Gasteiger partial charge on any atom is -0.383 e. The van der Waals surface area contributed by atoms with Gasteiger partial charge in [0, 0.05) is 37.8 Å². The van der Waals surface area contributed by atoms with Crippen molar-refractivity contribution in [2.24, 2.45) is 0 Å². The van der Waals surface area contributed by atoms with Crippen LogP contribution in [0.4, 0.5) is 0 Å². The quantitative estimate of drug-likeness (QED) is 0.856. The summed E-state index contributed by atoms with van der Waals surface area (Å²) in [5.41, 5.74) is 1.29. The first kappa shape index (κ1) is 13.8. The maximum Gasteiger partial charge on any atom is 0.0589 e. The molecule has 1 fully saturated rings. The molecule has 0 aliphatic carbocycles. The fraction of sp³-hybridized carbons (Fsp3) is 0.571. The number of benzene rings is 1. The number of nitrogens with one attached hydrogen (secondary N) is 1. The summed E-state index contributed by atoms with van der Waals surface area (Å²) in [4.78, 5) is 2.45. The number of halogens is 1. The number of nitrogens with zero attached hydrogens (tertiary/aromatic N) is 1. The molecule has 0 spiro atoms. The molecule has 0 unspecified atom stereocenters. The first-order valence-electron chi connectivity index (χ1n) is 6.47. The van der Waals surface area contributed by atoms with E-state index in [4.69, 9.17) is 16.3 Å². The highest BCUT2D eigenvalue weighted by molar-refractivity contribution is 6.30. The van der Waals surface area contributed by atoms with Gasteiger partial charge in [-0.05, 0) is 30.7 Å². The van der Waals surface area contributed by atoms with E-state index in [1.807, 2.05) is 12.1 Å². The van der Waals surface area contributed by atoms with E-state index in [2.05, 4.69) is 22.3 Å². The van der Waals surface area contributed by atoms with E-state index in [9.17, 15) is 0 Å². The molecule has 1 aliphatic rings. The monoisotopic (exact) mass is 268 g/mol. The molecular weight excluding hydrogens is 248 g/mol. The molecule has 1 saturated heterocycles. The summed E-state index contributed by atoms with van der Waals surface area (Å²) >= 11 is 5.87. The highest BCUT2D eigenvalue weighted by Gasteiger charge is 2.21. The topological polar surface area (TPSA) is 24.5 Å². The van der Waals surface area contributed by atoms with Crippen LogP contribution in [-0.4, -0.2) is 44.3 Å². The molecule has 0 aromatic heterocycles. The number of likely N-dealkylation sites (tertiary alicyclic amines) is 1. The lowest BCUT2D eigenvalue weighted by molar-refractivity contribution is 0.159. The molecule has 18 heavy (non-hydrogen) atoms. The van der Waals surface area contributed by atoms with E-state index in [1.165, 1.54) is 18.5 Å². The van der Waals surface area contributed by atoms with E-state index in [0.29, 0.717) is 6.04 Å². The van der Waals surface area contributed by atoms with Crippen molar-refractivity contribution in [3.8, 4) is 0 Å². The van der Waals surface area contributed by atoms with Gasteiger partial charge in [0.05, 0.1) is 6.61 Å². The van der Waals surface area contributed by atoms with E-state index >= 15 is 0 Å². The molecule has 1 heterocycles. The van der Waals surface area contributed by atoms with Crippen LogP contribution in [0.5, 0.6) is 0 Å². The molecule has 1 N–H and O–H groups in total. The highest BCUT2D eigenvalue weighted by Crippen LogP contribution is 2.12. The number of methoxy groups -OCH3 is 1. The van der Waals surface area contributed by atoms with Crippen LogP contribution in [0.3, 0.4) is 0 Å². The largest absolute Gasteiger partial charge is 0.383 e. The smallest absolute Gasteiger partial charge is 0.0589 e. The molecule has 1 atom stereocenters. The van der Waals surface area contributed by atoms with Crippen LogP contribution < -0.4 is 5.32 Å². The summed E-state index contributed by atoms with van der Waals surface area (Å²) < 4.78 is 5.10. The van der Waals surface area contributed by atoms with Crippen LogP contribution in [0.2, 0.25) is 5.02 Å². The van der Waals surface area contributed by atoms with Gasteiger partial charge in [-0.15, -0.1) is 0 Å². The zero-order valence-corrected chi connectivity index (χ0v) is 11.6. The van der Waals surface area contributed by atoms with Gasteiger partial charge in [-0.25, -0.2) is 0 Å². The second-order valence-corrected chi connectivity index (χ2v) is 5.22. The maximum absolute atomic E-state index is 5.87. The zero-order chi connectivity index (χ0) is 12.8. The van der Waals surface area contributed by atoms with E-state index in [0.717, 1.165) is 31.3 Å². The van der Waals surface area contributed by atoms with Crippen molar-refractivity contribution in [2.75, 3.05) is 33.4 Å². The second-order valence-electron chi connectivity index (χ2n) is 4.79. The minimum absolute atomic E-state index is 0.595. The molecule has 1 aromatic rings. The third-order valence-electron chi connectivity index (χ3n) is 3.39. The average Bonchev–Trinajstić information content (AvgIpc) is 2.84. The van der Waals surface area contributed by atoms with Crippen LogP contribution >= 0.6 is 11.6 Å². The Balaban J connectivity index is 1.70. The number of hydrogen-bond acceptors (Lipinski definition) is 3. The first-order chi connectivity index (χ1) is 8.78. The summed E-state index contributed by atoms with van der Waals surface area (Å²) in [6.45, 7) is 5.07. The summed E-state index contributed by atoms with van der Waals surface area (Å²) in [7, 11) is 1.76. The molecular formula is C14H21ClN2O. The lowest BCUT2D eigenvalue weighted by Gasteiger charge is -2.16. The third kappa shape index (κ3) is 4.25. The van der Waals surface area contributed by atoms with Crippen molar-refractivity contribution in [3.63, 3.8) is 0 Å². The van der Waals surface area contributed by atoms with Gasteiger partial charge in [0.2, 0.25) is 0 Å². The first-order valence-corrected chi connectivity index (χ1v) is 6.85.